The summed E-state index contributed by atoms with van der Waals surface area (Å²) in [6, 6.07) is 4.47. The second kappa shape index (κ2) is 6.78. The Labute approximate surface area is 125 Å². The number of anilines is 1. The lowest BCUT2D eigenvalue weighted by Gasteiger charge is -2.28. The third-order valence-corrected chi connectivity index (χ3v) is 4.41. The van der Waals surface area contributed by atoms with Crippen LogP contribution in [0.3, 0.4) is 0 Å². The Balaban J connectivity index is 2.05. The second-order valence-corrected chi connectivity index (χ2v) is 5.71. The van der Waals surface area contributed by atoms with Gasteiger partial charge in [0.2, 0.25) is 0 Å². The van der Waals surface area contributed by atoms with Crippen molar-refractivity contribution in [3.63, 3.8) is 0 Å². The molecule has 0 aromatic carbocycles. The van der Waals surface area contributed by atoms with Gasteiger partial charge in [0.1, 0.15) is 5.82 Å². The zero-order valence-electron chi connectivity index (χ0n) is 11.6. The van der Waals surface area contributed by atoms with Crippen molar-refractivity contribution in [1.82, 2.24) is 9.88 Å². The van der Waals surface area contributed by atoms with Crippen molar-refractivity contribution in [1.29, 1.82) is 0 Å². The van der Waals surface area contributed by atoms with Gasteiger partial charge in [-0.25, -0.2) is 4.98 Å². The van der Waals surface area contributed by atoms with Gasteiger partial charge in [0.05, 0.1) is 16.6 Å². The van der Waals surface area contributed by atoms with Crippen LogP contribution in [-0.2, 0) is 5.88 Å². The molecule has 2 heterocycles. The average molecular weight is 302 g/mol. The molecule has 1 aliphatic heterocycles. The minimum absolute atomic E-state index is 0.352. The predicted octanol–water partition coefficient (Wildman–Crippen LogP) is 3.39. The lowest BCUT2D eigenvalue weighted by molar-refractivity contribution is 0.270. The van der Waals surface area contributed by atoms with E-state index in [4.69, 9.17) is 23.2 Å². The molecule has 19 heavy (non-hydrogen) atoms. The molecule has 5 heteroatoms. The summed E-state index contributed by atoms with van der Waals surface area (Å²) in [5, 5.41) is 0.642. The number of likely N-dealkylation sites (N-methyl/N-ethyl adjacent to an activating group) is 2. The minimum Gasteiger partial charge on any atom is -0.358 e. The Kier molecular flexibility index (Phi) is 5.31. The lowest BCUT2D eigenvalue weighted by Crippen LogP contribution is -2.39. The third kappa shape index (κ3) is 3.53. The Morgan fingerprint density at radius 3 is 2.95 bits per heavy atom. The van der Waals surface area contributed by atoms with Gasteiger partial charge >= 0.3 is 0 Å². The van der Waals surface area contributed by atoms with E-state index in [1.165, 1.54) is 19.4 Å². The highest BCUT2D eigenvalue weighted by Gasteiger charge is 2.24. The van der Waals surface area contributed by atoms with Crippen molar-refractivity contribution < 1.29 is 0 Å². The molecule has 1 aromatic heterocycles. The minimum atomic E-state index is 0.352. The number of halogens is 2. The molecule has 0 aliphatic carbocycles. The molecule has 1 aromatic rings. The highest BCUT2D eigenvalue weighted by molar-refractivity contribution is 6.32. The van der Waals surface area contributed by atoms with Crippen molar-refractivity contribution in [2.45, 2.75) is 31.7 Å². The van der Waals surface area contributed by atoms with E-state index in [1.54, 1.807) is 0 Å². The largest absolute Gasteiger partial charge is 0.358 e. The first-order chi connectivity index (χ1) is 9.15. The number of nitrogens with zero attached hydrogens (tertiary/aromatic N) is 3. The molecule has 0 spiro atoms. The van der Waals surface area contributed by atoms with Crippen molar-refractivity contribution in [2.75, 3.05) is 31.6 Å². The molecule has 0 N–H and O–H groups in total. The number of rotatable bonds is 5. The number of aromatic nitrogens is 1. The number of alkyl halides is 1. The third-order valence-electron chi connectivity index (χ3n) is 3.81. The molecule has 0 saturated carbocycles. The number of hydrogen-bond acceptors (Lipinski definition) is 3. The van der Waals surface area contributed by atoms with Gasteiger partial charge < -0.3 is 4.90 Å². The Hall–Kier alpha value is -0.510. The second-order valence-electron chi connectivity index (χ2n) is 5.04. The van der Waals surface area contributed by atoms with Crippen LogP contribution in [0.4, 0.5) is 5.82 Å². The summed E-state index contributed by atoms with van der Waals surface area (Å²) in [5.41, 5.74) is 0.756. The normalized spacial score (nSPS) is 19.9. The van der Waals surface area contributed by atoms with Gasteiger partial charge in [0.15, 0.2) is 0 Å². The van der Waals surface area contributed by atoms with Crippen LogP contribution in [0.1, 0.15) is 25.5 Å². The SMILES string of the molecule is CCN1CCCC1CN(C)c1ccc(Cl)c(CCl)n1. The average Bonchev–Trinajstić information content (AvgIpc) is 2.86. The van der Waals surface area contributed by atoms with Gasteiger partial charge in [0.25, 0.3) is 0 Å². The van der Waals surface area contributed by atoms with Gasteiger partial charge in [-0.05, 0) is 38.1 Å². The van der Waals surface area contributed by atoms with Gasteiger partial charge in [-0.15, -0.1) is 11.6 Å². The number of likely N-dealkylation sites (tertiary alicyclic amines) is 1. The fourth-order valence-corrected chi connectivity index (χ4v) is 3.15. The van der Waals surface area contributed by atoms with Crippen LogP contribution in [0.2, 0.25) is 5.02 Å². The first-order valence-corrected chi connectivity index (χ1v) is 7.73. The van der Waals surface area contributed by atoms with Gasteiger partial charge in [-0.3, -0.25) is 4.90 Å². The van der Waals surface area contributed by atoms with Crippen LogP contribution >= 0.6 is 23.2 Å². The van der Waals surface area contributed by atoms with Crippen LogP contribution in [0.25, 0.3) is 0 Å². The lowest BCUT2D eigenvalue weighted by atomic mass is 10.2. The fraction of sp³-hybridized carbons (Fsp3) is 0.643. The first-order valence-electron chi connectivity index (χ1n) is 6.82. The van der Waals surface area contributed by atoms with E-state index in [2.05, 4.69) is 28.8 Å². The summed E-state index contributed by atoms with van der Waals surface area (Å²) < 4.78 is 0. The number of hydrogen-bond donors (Lipinski definition) is 0. The molecule has 1 unspecified atom stereocenters. The molecule has 1 atom stereocenters. The molecule has 0 bridgehead atoms. The Morgan fingerprint density at radius 1 is 1.47 bits per heavy atom. The summed E-state index contributed by atoms with van der Waals surface area (Å²) in [4.78, 5) is 9.26. The maximum absolute atomic E-state index is 6.04. The monoisotopic (exact) mass is 301 g/mol. The van der Waals surface area contributed by atoms with Crippen LogP contribution in [-0.4, -0.2) is 42.6 Å². The van der Waals surface area contributed by atoms with E-state index in [0.717, 1.165) is 24.6 Å². The summed E-state index contributed by atoms with van der Waals surface area (Å²) >= 11 is 11.9. The molecule has 3 nitrogen and oxygen atoms in total. The van der Waals surface area contributed by atoms with Crippen molar-refractivity contribution in [3.8, 4) is 0 Å². The molecule has 1 aliphatic rings. The van der Waals surface area contributed by atoms with E-state index in [-0.39, 0.29) is 0 Å². The van der Waals surface area contributed by atoms with Crippen LogP contribution in [0, 0.1) is 0 Å². The van der Waals surface area contributed by atoms with Gasteiger partial charge in [-0.2, -0.15) is 0 Å². The van der Waals surface area contributed by atoms with E-state index in [9.17, 15) is 0 Å². The maximum atomic E-state index is 6.04. The Morgan fingerprint density at radius 2 is 2.26 bits per heavy atom. The van der Waals surface area contributed by atoms with E-state index < -0.39 is 0 Å². The van der Waals surface area contributed by atoms with Crippen LogP contribution in [0.5, 0.6) is 0 Å². The smallest absolute Gasteiger partial charge is 0.128 e. The predicted molar refractivity (Wildman–Crippen MR) is 82.3 cm³/mol. The first kappa shape index (κ1) is 14.9. The van der Waals surface area contributed by atoms with E-state index >= 15 is 0 Å². The van der Waals surface area contributed by atoms with E-state index in [0.29, 0.717) is 16.9 Å². The molecule has 0 amide bonds. The highest BCUT2D eigenvalue weighted by Crippen LogP contribution is 2.22. The fourth-order valence-electron chi connectivity index (χ4n) is 2.71. The Bertz CT molecular complexity index is 425. The van der Waals surface area contributed by atoms with Gasteiger partial charge in [-0.1, -0.05) is 18.5 Å². The van der Waals surface area contributed by atoms with E-state index in [1.807, 2.05) is 12.1 Å². The highest BCUT2D eigenvalue weighted by atomic mass is 35.5. The van der Waals surface area contributed by atoms with Crippen LogP contribution in [0.15, 0.2) is 12.1 Å². The zero-order chi connectivity index (χ0) is 13.8. The molecule has 0 radical (unpaired) electrons. The molecular formula is C14H21Cl2N3. The summed E-state index contributed by atoms with van der Waals surface area (Å²) in [6.45, 7) is 5.57. The molecule has 2 rings (SSSR count). The molecule has 1 fully saturated rings. The zero-order valence-corrected chi connectivity index (χ0v) is 13.1. The molecule has 1 saturated heterocycles. The molecular weight excluding hydrogens is 281 g/mol. The number of pyridine rings is 1. The summed E-state index contributed by atoms with van der Waals surface area (Å²) in [6.07, 6.45) is 2.57. The van der Waals surface area contributed by atoms with Crippen LogP contribution < -0.4 is 4.90 Å². The van der Waals surface area contributed by atoms with Crippen molar-refractivity contribution >= 4 is 29.0 Å². The standard InChI is InChI=1S/C14H21Cl2N3/c1-3-19-8-4-5-11(19)10-18(2)14-7-6-12(16)13(9-15)17-14/h6-7,11H,3-5,8-10H2,1-2H3. The van der Waals surface area contributed by atoms with Crippen molar-refractivity contribution in [2.24, 2.45) is 0 Å². The van der Waals surface area contributed by atoms with Gasteiger partial charge in [0, 0.05) is 19.6 Å². The topological polar surface area (TPSA) is 19.4 Å². The summed E-state index contributed by atoms with van der Waals surface area (Å²) in [7, 11) is 2.08. The maximum Gasteiger partial charge on any atom is 0.128 e. The quantitative estimate of drug-likeness (QED) is 0.777. The van der Waals surface area contributed by atoms with Crippen molar-refractivity contribution in [3.05, 3.63) is 22.8 Å². The summed E-state index contributed by atoms with van der Waals surface area (Å²) in [5.74, 6) is 1.30. The molecule has 106 valence electrons.